The van der Waals surface area contributed by atoms with E-state index in [9.17, 15) is 23.9 Å². The lowest BCUT2D eigenvalue weighted by molar-refractivity contribution is -0.141. The Hall–Kier alpha value is -2.44. The Kier molecular flexibility index (Phi) is 4.40. The maximum absolute atomic E-state index is 14.0. The highest BCUT2D eigenvalue weighted by Crippen LogP contribution is 2.45. The van der Waals surface area contributed by atoms with Gasteiger partial charge in [-0.3, -0.25) is 9.59 Å². The van der Waals surface area contributed by atoms with Gasteiger partial charge in [0.15, 0.2) is 0 Å². The highest BCUT2D eigenvalue weighted by atomic mass is 19.1. The van der Waals surface area contributed by atoms with Gasteiger partial charge < -0.3 is 14.9 Å². The van der Waals surface area contributed by atoms with Crippen LogP contribution in [0.4, 0.5) is 4.39 Å². The zero-order valence-corrected chi connectivity index (χ0v) is 15.1. The molecule has 0 bridgehead atoms. The van der Waals surface area contributed by atoms with E-state index in [1.54, 1.807) is 6.07 Å². The molecule has 2 amide bonds. The van der Waals surface area contributed by atoms with Crippen molar-refractivity contribution in [1.82, 2.24) is 9.80 Å². The number of halogens is 1. The van der Waals surface area contributed by atoms with Gasteiger partial charge in [-0.1, -0.05) is 12.1 Å². The zero-order valence-electron chi connectivity index (χ0n) is 15.1. The molecule has 27 heavy (non-hydrogen) atoms. The van der Waals surface area contributed by atoms with E-state index in [1.165, 1.54) is 23.1 Å². The first-order valence-electron chi connectivity index (χ1n) is 9.47. The van der Waals surface area contributed by atoms with Crippen LogP contribution in [0.25, 0.3) is 0 Å². The Balaban J connectivity index is 1.51. The molecule has 0 aromatic heterocycles. The Morgan fingerprint density at radius 1 is 1.11 bits per heavy atom. The van der Waals surface area contributed by atoms with Crippen molar-refractivity contribution in [2.75, 3.05) is 19.6 Å². The Bertz CT molecular complexity index is 784. The van der Waals surface area contributed by atoms with Gasteiger partial charge in [0.25, 0.3) is 5.91 Å². The second-order valence-corrected chi connectivity index (χ2v) is 8.07. The van der Waals surface area contributed by atoms with E-state index in [4.69, 9.17) is 0 Å². The summed E-state index contributed by atoms with van der Waals surface area (Å²) in [6.45, 7) is 1.50. The van der Waals surface area contributed by atoms with Crippen LogP contribution in [0.2, 0.25) is 0 Å². The van der Waals surface area contributed by atoms with Gasteiger partial charge in [0.1, 0.15) is 11.9 Å². The standard InChI is InChI=1S/C20H23FN2O4/c21-15-4-2-1-3-14(15)18(25)23-12-20(11-16(23)19(26)27)7-9-22(10-8-20)17(24)13-5-6-13/h1-4,13,16H,5-12H2,(H,26,27)/t16-/m0/s1. The normalized spacial score (nSPS) is 24.3. The number of likely N-dealkylation sites (tertiary alicyclic amines) is 2. The van der Waals surface area contributed by atoms with Crippen molar-refractivity contribution in [2.45, 2.75) is 38.1 Å². The Morgan fingerprint density at radius 2 is 1.78 bits per heavy atom. The molecule has 3 fully saturated rings. The molecule has 1 atom stereocenters. The van der Waals surface area contributed by atoms with Crippen LogP contribution in [-0.2, 0) is 9.59 Å². The second kappa shape index (κ2) is 6.62. The second-order valence-electron chi connectivity index (χ2n) is 8.07. The fraction of sp³-hybridized carbons (Fsp3) is 0.550. The number of carboxylic acids is 1. The number of carbonyl (C=O) groups excluding carboxylic acids is 2. The first-order chi connectivity index (χ1) is 12.9. The molecule has 6 nitrogen and oxygen atoms in total. The molecule has 0 unspecified atom stereocenters. The largest absolute Gasteiger partial charge is 0.480 e. The predicted molar refractivity (Wildman–Crippen MR) is 94.4 cm³/mol. The number of amides is 2. The highest BCUT2D eigenvalue weighted by molar-refractivity contribution is 5.97. The number of carbonyl (C=O) groups is 3. The van der Waals surface area contributed by atoms with Crippen molar-refractivity contribution in [3.63, 3.8) is 0 Å². The summed E-state index contributed by atoms with van der Waals surface area (Å²) in [4.78, 5) is 40.1. The molecular weight excluding hydrogens is 351 g/mol. The SMILES string of the molecule is O=C(O)[C@@H]1CC2(CCN(C(=O)C3CC3)CC2)CN1C(=O)c1ccccc1F. The minimum absolute atomic E-state index is 0.0952. The molecule has 0 radical (unpaired) electrons. The average Bonchev–Trinajstić information content (AvgIpc) is 3.44. The van der Waals surface area contributed by atoms with Crippen molar-refractivity contribution < 1.29 is 23.9 Å². The van der Waals surface area contributed by atoms with E-state index >= 15 is 0 Å². The molecule has 144 valence electrons. The summed E-state index contributed by atoms with van der Waals surface area (Å²) in [7, 11) is 0. The van der Waals surface area contributed by atoms with Crippen LogP contribution in [0.5, 0.6) is 0 Å². The zero-order chi connectivity index (χ0) is 19.2. The molecule has 1 aromatic carbocycles. The lowest BCUT2D eigenvalue weighted by Gasteiger charge is -2.39. The van der Waals surface area contributed by atoms with Crippen LogP contribution < -0.4 is 0 Å². The van der Waals surface area contributed by atoms with E-state index in [0.29, 0.717) is 38.9 Å². The van der Waals surface area contributed by atoms with E-state index in [0.717, 1.165) is 12.8 Å². The number of carboxylic acid groups (broad SMARTS) is 1. The molecule has 2 saturated heterocycles. The highest BCUT2D eigenvalue weighted by Gasteiger charge is 2.51. The smallest absolute Gasteiger partial charge is 0.326 e. The topological polar surface area (TPSA) is 77.9 Å². The minimum atomic E-state index is -1.06. The molecule has 1 saturated carbocycles. The molecule has 2 aliphatic heterocycles. The first-order valence-corrected chi connectivity index (χ1v) is 9.47. The molecule has 1 aromatic rings. The molecule has 1 aliphatic carbocycles. The van der Waals surface area contributed by atoms with Crippen LogP contribution in [0.3, 0.4) is 0 Å². The summed E-state index contributed by atoms with van der Waals surface area (Å²) in [6, 6.07) is 4.71. The number of piperidine rings is 1. The molecule has 4 rings (SSSR count). The Morgan fingerprint density at radius 3 is 2.37 bits per heavy atom. The van der Waals surface area contributed by atoms with Crippen LogP contribution in [0, 0.1) is 17.2 Å². The Labute approximate surface area is 156 Å². The van der Waals surface area contributed by atoms with Gasteiger partial charge >= 0.3 is 5.97 Å². The van der Waals surface area contributed by atoms with Crippen molar-refractivity contribution in [3.8, 4) is 0 Å². The van der Waals surface area contributed by atoms with Gasteiger partial charge in [0.2, 0.25) is 5.91 Å². The fourth-order valence-corrected chi connectivity index (χ4v) is 4.43. The summed E-state index contributed by atoms with van der Waals surface area (Å²) >= 11 is 0. The number of nitrogens with zero attached hydrogens (tertiary/aromatic N) is 2. The maximum atomic E-state index is 14.0. The first kappa shape index (κ1) is 17.9. The molecule has 1 N–H and O–H groups in total. The van der Waals surface area contributed by atoms with Crippen LogP contribution in [0.15, 0.2) is 24.3 Å². The molecule has 3 aliphatic rings. The van der Waals surface area contributed by atoms with Gasteiger partial charge in [-0.05, 0) is 49.7 Å². The number of benzene rings is 1. The number of rotatable bonds is 3. The van der Waals surface area contributed by atoms with Gasteiger partial charge in [0, 0.05) is 25.6 Å². The van der Waals surface area contributed by atoms with E-state index < -0.39 is 23.7 Å². The third-order valence-electron chi connectivity index (χ3n) is 6.22. The predicted octanol–water partition coefficient (Wildman–Crippen LogP) is 2.14. The van der Waals surface area contributed by atoms with Crippen molar-refractivity contribution in [1.29, 1.82) is 0 Å². The van der Waals surface area contributed by atoms with Crippen LogP contribution in [-0.4, -0.2) is 58.4 Å². The quantitative estimate of drug-likeness (QED) is 0.879. The molecule has 7 heteroatoms. The summed E-state index contributed by atoms with van der Waals surface area (Å²) in [6.07, 6.45) is 3.64. The van der Waals surface area contributed by atoms with Crippen LogP contribution in [0.1, 0.15) is 42.5 Å². The summed E-state index contributed by atoms with van der Waals surface area (Å²) in [5.74, 6) is -1.90. The van der Waals surface area contributed by atoms with E-state index in [-0.39, 0.29) is 22.8 Å². The molecule has 2 heterocycles. The lowest BCUT2D eigenvalue weighted by atomic mass is 9.76. The van der Waals surface area contributed by atoms with Gasteiger partial charge in [0.05, 0.1) is 5.56 Å². The van der Waals surface area contributed by atoms with E-state index in [1.807, 2.05) is 4.90 Å². The van der Waals surface area contributed by atoms with Gasteiger partial charge in [-0.15, -0.1) is 0 Å². The number of hydrogen-bond acceptors (Lipinski definition) is 3. The molecular formula is C20H23FN2O4. The summed E-state index contributed by atoms with van der Waals surface area (Å²) in [5, 5.41) is 9.63. The third-order valence-corrected chi connectivity index (χ3v) is 6.22. The number of hydrogen-bond donors (Lipinski definition) is 1. The van der Waals surface area contributed by atoms with Gasteiger partial charge in [-0.2, -0.15) is 0 Å². The van der Waals surface area contributed by atoms with Crippen LogP contribution >= 0.6 is 0 Å². The third kappa shape index (κ3) is 3.31. The number of aliphatic carboxylic acids is 1. The van der Waals surface area contributed by atoms with Crippen molar-refractivity contribution >= 4 is 17.8 Å². The lowest BCUT2D eigenvalue weighted by Crippen LogP contribution is -2.45. The fourth-order valence-electron chi connectivity index (χ4n) is 4.43. The summed E-state index contributed by atoms with van der Waals surface area (Å²) < 4.78 is 14.0. The monoisotopic (exact) mass is 374 g/mol. The summed E-state index contributed by atoms with van der Waals surface area (Å²) in [5.41, 5.74) is -0.410. The average molecular weight is 374 g/mol. The molecule has 1 spiro atoms. The van der Waals surface area contributed by atoms with Crippen molar-refractivity contribution in [3.05, 3.63) is 35.6 Å². The minimum Gasteiger partial charge on any atom is -0.480 e. The van der Waals surface area contributed by atoms with E-state index in [2.05, 4.69) is 0 Å². The van der Waals surface area contributed by atoms with Gasteiger partial charge in [-0.25, -0.2) is 9.18 Å². The van der Waals surface area contributed by atoms with Crippen molar-refractivity contribution in [2.24, 2.45) is 11.3 Å². The maximum Gasteiger partial charge on any atom is 0.326 e.